The molecular formula is C71H133N17O2. The predicted octanol–water partition coefficient (Wildman–Crippen LogP) is 18.5. The van der Waals surface area contributed by atoms with Gasteiger partial charge < -0.3 is 19.1 Å². The van der Waals surface area contributed by atoms with Gasteiger partial charge in [-0.05, 0) is 41.9 Å². The number of amidine groups is 1. The molecule has 0 saturated heterocycles. The Bertz CT molecular complexity index is 2470. The van der Waals surface area contributed by atoms with E-state index in [1.54, 1.807) is 44.3 Å². The normalized spacial score (nSPS) is 10.9. The van der Waals surface area contributed by atoms with Crippen molar-refractivity contribution in [3.8, 4) is 5.88 Å². The van der Waals surface area contributed by atoms with Crippen LogP contribution in [0.15, 0.2) is 112 Å². The molecule has 0 bridgehead atoms. The number of methoxy groups -OCH3 is 1. The van der Waals surface area contributed by atoms with Gasteiger partial charge >= 0.3 is 5.69 Å². The van der Waals surface area contributed by atoms with Crippen LogP contribution in [0.4, 0.5) is 0 Å². The Balaban J connectivity index is -0.000000140. The molecular weight excluding hydrogens is 1120 g/mol. The maximum atomic E-state index is 11.0. The Morgan fingerprint density at radius 3 is 1.34 bits per heavy atom. The van der Waals surface area contributed by atoms with Gasteiger partial charge in [-0.15, -0.1) is 0 Å². The quantitative estimate of drug-likeness (QED) is 0.127. The lowest BCUT2D eigenvalue weighted by Crippen LogP contribution is -2.21. The molecule has 0 fully saturated rings. The minimum atomic E-state index is -0.184. The van der Waals surface area contributed by atoms with Crippen molar-refractivity contribution in [3.05, 3.63) is 143 Å². The molecule has 0 saturated carbocycles. The second-order valence-electron chi connectivity index (χ2n) is 19.3. The molecule has 514 valence electrons. The molecule has 0 spiro atoms. The number of aliphatic imine (C=N–C) groups is 3. The van der Waals surface area contributed by atoms with Crippen molar-refractivity contribution in [2.24, 2.45) is 33.9 Å². The van der Waals surface area contributed by atoms with Crippen molar-refractivity contribution in [1.82, 2.24) is 69.2 Å². The van der Waals surface area contributed by atoms with Gasteiger partial charge in [0.15, 0.2) is 0 Å². The molecule has 0 atom stereocenters. The Kier molecular flexibility index (Phi) is 71.1. The molecule has 7 heterocycles. The fourth-order valence-corrected chi connectivity index (χ4v) is 5.41. The van der Waals surface area contributed by atoms with Gasteiger partial charge in [-0.2, -0.15) is 4.98 Å². The summed E-state index contributed by atoms with van der Waals surface area (Å²) in [5, 5.41) is 0. The Morgan fingerprint density at radius 1 is 0.489 bits per heavy atom. The van der Waals surface area contributed by atoms with E-state index < -0.39 is 0 Å². The number of hydrogen-bond donors (Lipinski definition) is 0. The molecule has 0 unspecified atom stereocenters. The van der Waals surface area contributed by atoms with Gasteiger partial charge in [-0.3, -0.25) is 0 Å². The highest BCUT2D eigenvalue weighted by Gasteiger charge is 2.11. The standard InChI is InChI=1S/2C9H14N2.2C8H13N3.2C8H12N2O.C6H9N3.7C2H6.CH4/c1-7(2)9-5-8(3)11(4)6-10-9;1-4-9-10-6-5-8(11-9)7(2)3;1-6(2)8-9-5-11(4)7(3)10-8;1-4-7-9-5-10-8(11-7)6(2)3;1-6(2)7-4-8(11-3)10-5-9-7;1-6(2)7-4-5-10(3)8(11)9-7;1-5(2)6-8-3-7-4-9-6;7*1-2;/h5-7H,3H2,1-2,4H3;5-7H,4H2,1-3H3;5-6H,3H2,1-2,4H3;5-6H,4H2,1-3H3;2*4-6H,1-3H3;3-5H,1-2H3;7*1-2H3;1H4. The molecule has 19 nitrogen and oxygen atoms in total. The van der Waals surface area contributed by atoms with Crippen LogP contribution in [0, 0.1) is 11.8 Å². The van der Waals surface area contributed by atoms with E-state index in [-0.39, 0.29) is 13.1 Å². The molecule has 2 aliphatic rings. The monoisotopic (exact) mass is 1260 g/mol. The van der Waals surface area contributed by atoms with E-state index in [0.29, 0.717) is 47.3 Å². The van der Waals surface area contributed by atoms with Crippen molar-refractivity contribution in [3.63, 3.8) is 0 Å². The van der Waals surface area contributed by atoms with Crippen LogP contribution in [0.3, 0.4) is 0 Å². The molecule has 7 rings (SSSR count). The van der Waals surface area contributed by atoms with E-state index >= 15 is 0 Å². The average molecular weight is 1260 g/mol. The number of ether oxygens (including phenoxy) is 1. The minimum Gasteiger partial charge on any atom is -0.481 e. The molecule has 2 aliphatic heterocycles. The molecule has 19 heteroatoms. The summed E-state index contributed by atoms with van der Waals surface area (Å²) in [5.74, 6) is 8.69. The fourth-order valence-electron chi connectivity index (χ4n) is 5.41. The third kappa shape index (κ3) is 47.7. The molecule has 0 aliphatic carbocycles. The molecule has 0 N–H and O–H groups in total. The van der Waals surface area contributed by atoms with Crippen LogP contribution < -0.4 is 10.4 Å². The van der Waals surface area contributed by atoms with Crippen molar-refractivity contribution in [2.75, 3.05) is 21.2 Å². The van der Waals surface area contributed by atoms with E-state index in [9.17, 15) is 4.79 Å². The highest BCUT2D eigenvalue weighted by atomic mass is 16.5. The van der Waals surface area contributed by atoms with Gasteiger partial charge in [0.05, 0.1) is 31.2 Å². The van der Waals surface area contributed by atoms with Crippen molar-refractivity contribution < 1.29 is 4.74 Å². The van der Waals surface area contributed by atoms with E-state index in [1.165, 1.54) is 23.5 Å². The van der Waals surface area contributed by atoms with E-state index in [0.717, 1.165) is 76.3 Å². The molecule has 5 aromatic rings. The second kappa shape index (κ2) is 64.7. The number of nitrogens with zero attached hydrogens (tertiary/aromatic N) is 17. The maximum absolute atomic E-state index is 11.0. The molecule has 0 amide bonds. The van der Waals surface area contributed by atoms with Gasteiger partial charge in [-0.25, -0.2) is 69.6 Å². The first kappa shape index (κ1) is 98.9. The van der Waals surface area contributed by atoms with Crippen molar-refractivity contribution in [2.45, 2.75) is 258 Å². The zero-order valence-corrected chi connectivity index (χ0v) is 62.7. The van der Waals surface area contributed by atoms with Crippen LogP contribution in [-0.2, 0) is 19.9 Å². The summed E-state index contributed by atoms with van der Waals surface area (Å²) in [6.45, 7) is 68.9. The number of rotatable bonds is 10. The van der Waals surface area contributed by atoms with Crippen molar-refractivity contribution >= 4 is 18.5 Å². The number of likely N-dealkylation sites (N-methyl/N-ethyl adjacent to an activating group) is 1. The Hall–Kier alpha value is -7.31. The van der Waals surface area contributed by atoms with E-state index in [1.807, 2.05) is 167 Å². The average Bonchev–Trinajstić information content (AvgIpc) is 3.71. The smallest absolute Gasteiger partial charge is 0.347 e. The van der Waals surface area contributed by atoms with Gasteiger partial charge in [-0.1, -0.05) is 228 Å². The Labute approximate surface area is 551 Å². The van der Waals surface area contributed by atoms with E-state index in [2.05, 4.69) is 173 Å². The Morgan fingerprint density at radius 2 is 0.944 bits per heavy atom. The maximum Gasteiger partial charge on any atom is 0.347 e. The summed E-state index contributed by atoms with van der Waals surface area (Å²) in [4.78, 5) is 71.7. The highest BCUT2D eigenvalue weighted by molar-refractivity contribution is 5.93. The minimum absolute atomic E-state index is 0. The summed E-state index contributed by atoms with van der Waals surface area (Å²) in [6, 6.07) is 5.70. The van der Waals surface area contributed by atoms with Gasteiger partial charge in [0.2, 0.25) is 5.88 Å². The predicted molar refractivity (Wildman–Crippen MR) is 391 cm³/mol. The zero-order valence-electron chi connectivity index (χ0n) is 62.7. The first-order chi connectivity index (χ1) is 42.3. The summed E-state index contributed by atoms with van der Waals surface area (Å²) < 4.78 is 6.42. The van der Waals surface area contributed by atoms with Crippen LogP contribution in [0.5, 0.6) is 5.88 Å². The van der Waals surface area contributed by atoms with Gasteiger partial charge in [0.1, 0.15) is 60.3 Å². The zero-order chi connectivity index (χ0) is 70.8. The topological polar surface area (TPSA) is 217 Å². The van der Waals surface area contributed by atoms with Crippen molar-refractivity contribution in [1.29, 1.82) is 0 Å². The molecule has 0 aromatic carbocycles. The number of allylic oxidation sites excluding steroid dienone is 2. The third-order valence-electron chi connectivity index (χ3n) is 10.5. The van der Waals surface area contributed by atoms with E-state index in [4.69, 9.17) is 4.74 Å². The van der Waals surface area contributed by atoms with Crippen LogP contribution in [0.1, 0.15) is 285 Å². The van der Waals surface area contributed by atoms with Gasteiger partial charge in [0, 0.05) is 87.3 Å². The summed E-state index contributed by atoms with van der Waals surface area (Å²) in [5.41, 5.74) is 4.93. The molecule has 0 radical (unpaired) electrons. The first-order valence-electron chi connectivity index (χ1n) is 32.6. The second-order valence-corrected chi connectivity index (χ2v) is 19.3. The van der Waals surface area contributed by atoms with Crippen LogP contribution in [0.25, 0.3) is 0 Å². The fraction of sp³-hybridized carbons (Fsp3) is 0.620. The largest absolute Gasteiger partial charge is 0.481 e. The molecule has 90 heavy (non-hydrogen) atoms. The first-order valence-corrected chi connectivity index (χ1v) is 32.6. The van der Waals surface area contributed by atoms with Crippen LogP contribution >= 0.6 is 0 Å². The molecule has 5 aromatic heterocycles. The van der Waals surface area contributed by atoms with Crippen LogP contribution in [-0.4, -0.2) is 109 Å². The van der Waals surface area contributed by atoms with Crippen LogP contribution in [0.2, 0.25) is 0 Å². The SMILES string of the molecule is C.C=C1C=C(C(C)C)N=CN1C.C=C1N=C(C(C)C)N=CN1C.CC.CC.CC.CC.CC.CC.CC.CC(C)c1ccn(C)c(=O)n1.CC(C)c1ncncn1.CCc1nccc(C(C)C)n1.CCc1ncnc(C(C)C)n1.COc1cc(C(C)C)ncn1. The number of hydrogen-bond acceptors (Lipinski definition) is 18. The number of aryl methyl sites for hydroxylation is 3. The van der Waals surface area contributed by atoms with Gasteiger partial charge in [0.25, 0.3) is 0 Å². The highest BCUT2D eigenvalue weighted by Crippen LogP contribution is 2.18. The number of aromatic nitrogens is 12. The summed E-state index contributed by atoms with van der Waals surface area (Å²) in [7, 11) is 7.12. The lowest BCUT2D eigenvalue weighted by Gasteiger charge is -2.19. The lowest BCUT2D eigenvalue weighted by molar-refractivity contribution is 0.395. The summed E-state index contributed by atoms with van der Waals surface area (Å²) >= 11 is 0. The lowest BCUT2D eigenvalue weighted by atomic mass is 10.1. The summed E-state index contributed by atoms with van der Waals surface area (Å²) in [6.07, 6.45) is 17.1. The third-order valence-corrected chi connectivity index (χ3v) is 10.5.